The molecular formula is C41H28N2O. The molecule has 2 heterocycles. The standard InChI is InChI=1S/C41H28N2O/c1-27-20-22-29(23-21-27)42-36-15-6-4-13-32(36)34-26-30(24-25-37(34)42)43(35-16-8-11-28-10-2-3-12-31(28)35)38-17-9-19-40-41(38)33-14-5-7-18-39(33)44-40/h2-26H,1H3. The van der Waals surface area contributed by atoms with Gasteiger partial charge in [0.1, 0.15) is 11.2 Å². The maximum atomic E-state index is 6.36. The molecule has 0 unspecified atom stereocenters. The highest BCUT2D eigenvalue weighted by Gasteiger charge is 2.22. The molecule has 0 fully saturated rings. The van der Waals surface area contributed by atoms with Crippen LogP contribution in [0.5, 0.6) is 0 Å². The van der Waals surface area contributed by atoms with Gasteiger partial charge in [0, 0.05) is 32.9 Å². The first-order valence-electron chi connectivity index (χ1n) is 15.0. The Kier molecular flexibility index (Phi) is 5.41. The highest BCUT2D eigenvalue weighted by atomic mass is 16.3. The molecule has 0 saturated heterocycles. The summed E-state index contributed by atoms with van der Waals surface area (Å²) in [7, 11) is 0. The molecule has 0 spiro atoms. The van der Waals surface area contributed by atoms with E-state index in [0.717, 1.165) is 44.7 Å². The van der Waals surface area contributed by atoms with Crippen LogP contribution >= 0.6 is 0 Å². The SMILES string of the molecule is Cc1ccc(-n2c3ccccc3c3cc(N(c4cccc5ccccc45)c4cccc5oc6ccccc6c45)ccc32)cc1. The predicted octanol–water partition coefficient (Wildman–Crippen LogP) is 11.6. The number of fused-ring (bicyclic) bond motifs is 7. The molecule has 208 valence electrons. The normalized spacial score (nSPS) is 11.8. The lowest BCUT2D eigenvalue weighted by Gasteiger charge is -2.27. The molecule has 2 aromatic heterocycles. The fourth-order valence-electron chi connectivity index (χ4n) is 6.83. The van der Waals surface area contributed by atoms with Gasteiger partial charge in [-0.05, 0) is 73.0 Å². The van der Waals surface area contributed by atoms with Gasteiger partial charge in [-0.2, -0.15) is 0 Å². The van der Waals surface area contributed by atoms with Crippen LogP contribution in [0.4, 0.5) is 17.1 Å². The molecule has 0 aliphatic rings. The molecule has 0 amide bonds. The molecule has 0 radical (unpaired) electrons. The molecule has 0 aliphatic carbocycles. The Balaban J connectivity index is 1.37. The summed E-state index contributed by atoms with van der Waals surface area (Å²) in [6.45, 7) is 2.13. The summed E-state index contributed by atoms with van der Waals surface area (Å²) in [5, 5.41) is 7.07. The van der Waals surface area contributed by atoms with Gasteiger partial charge in [-0.15, -0.1) is 0 Å². The van der Waals surface area contributed by atoms with Crippen LogP contribution in [0.25, 0.3) is 60.2 Å². The molecule has 9 aromatic rings. The van der Waals surface area contributed by atoms with E-state index in [0.29, 0.717) is 0 Å². The quantitative estimate of drug-likeness (QED) is 0.212. The molecule has 3 heteroatoms. The van der Waals surface area contributed by atoms with Crippen LogP contribution in [0.2, 0.25) is 0 Å². The third kappa shape index (κ3) is 3.69. The van der Waals surface area contributed by atoms with Crippen LogP contribution in [-0.2, 0) is 0 Å². The molecule has 0 bridgehead atoms. The topological polar surface area (TPSA) is 21.3 Å². The molecule has 7 aromatic carbocycles. The fraction of sp³-hybridized carbons (Fsp3) is 0.0244. The van der Waals surface area contributed by atoms with Crippen molar-refractivity contribution >= 4 is 71.6 Å². The largest absolute Gasteiger partial charge is 0.456 e. The third-order valence-electron chi connectivity index (χ3n) is 8.84. The van der Waals surface area contributed by atoms with Crippen molar-refractivity contribution in [2.45, 2.75) is 6.92 Å². The van der Waals surface area contributed by atoms with E-state index in [2.05, 4.69) is 156 Å². The van der Waals surface area contributed by atoms with Gasteiger partial charge in [0.25, 0.3) is 0 Å². The number of hydrogen-bond donors (Lipinski definition) is 0. The smallest absolute Gasteiger partial charge is 0.137 e. The van der Waals surface area contributed by atoms with Gasteiger partial charge in [0.05, 0.1) is 27.8 Å². The van der Waals surface area contributed by atoms with E-state index in [1.54, 1.807) is 0 Å². The van der Waals surface area contributed by atoms with Crippen LogP contribution in [-0.4, -0.2) is 4.57 Å². The average molecular weight is 565 g/mol. The van der Waals surface area contributed by atoms with Crippen LogP contribution < -0.4 is 4.90 Å². The molecular weight excluding hydrogens is 536 g/mol. The van der Waals surface area contributed by atoms with Crippen molar-refractivity contribution in [2.75, 3.05) is 4.90 Å². The zero-order valence-electron chi connectivity index (χ0n) is 24.2. The third-order valence-corrected chi connectivity index (χ3v) is 8.84. The Bertz CT molecular complexity index is 2510. The molecule has 0 atom stereocenters. The Labute approximate surface area is 254 Å². The summed E-state index contributed by atoms with van der Waals surface area (Å²) in [6.07, 6.45) is 0. The first-order chi connectivity index (χ1) is 21.7. The minimum atomic E-state index is 0.881. The summed E-state index contributed by atoms with van der Waals surface area (Å²) in [5.74, 6) is 0. The van der Waals surface area contributed by atoms with Gasteiger partial charge in [-0.1, -0.05) is 96.6 Å². The zero-order chi connectivity index (χ0) is 29.2. The van der Waals surface area contributed by atoms with E-state index < -0.39 is 0 Å². The van der Waals surface area contributed by atoms with Crippen LogP contribution in [0.15, 0.2) is 156 Å². The summed E-state index contributed by atoms with van der Waals surface area (Å²) in [6, 6.07) is 54.3. The lowest BCUT2D eigenvalue weighted by Crippen LogP contribution is -2.11. The van der Waals surface area contributed by atoms with E-state index in [4.69, 9.17) is 4.42 Å². The Morgan fingerprint density at radius 1 is 0.500 bits per heavy atom. The number of nitrogens with zero attached hydrogens (tertiary/aromatic N) is 2. The maximum Gasteiger partial charge on any atom is 0.137 e. The Hall–Kier alpha value is -5.80. The van der Waals surface area contributed by atoms with E-state index in [1.165, 1.54) is 38.1 Å². The van der Waals surface area contributed by atoms with Gasteiger partial charge < -0.3 is 13.9 Å². The molecule has 9 rings (SSSR count). The van der Waals surface area contributed by atoms with Crippen molar-refractivity contribution in [3.8, 4) is 5.69 Å². The molecule has 44 heavy (non-hydrogen) atoms. The van der Waals surface area contributed by atoms with Crippen molar-refractivity contribution in [2.24, 2.45) is 0 Å². The van der Waals surface area contributed by atoms with E-state index >= 15 is 0 Å². The highest BCUT2D eigenvalue weighted by molar-refractivity contribution is 6.16. The highest BCUT2D eigenvalue weighted by Crippen LogP contribution is 2.46. The molecule has 3 nitrogen and oxygen atoms in total. The molecule has 0 saturated carbocycles. The molecule has 0 aliphatic heterocycles. The summed E-state index contributed by atoms with van der Waals surface area (Å²) in [5.41, 5.74) is 9.88. The lowest BCUT2D eigenvalue weighted by atomic mass is 10.0. The fourth-order valence-corrected chi connectivity index (χ4v) is 6.83. The van der Waals surface area contributed by atoms with Gasteiger partial charge >= 0.3 is 0 Å². The Morgan fingerprint density at radius 2 is 1.16 bits per heavy atom. The second kappa shape index (κ2) is 9.62. The van der Waals surface area contributed by atoms with Crippen molar-refractivity contribution in [3.63, 3.8) is 0 Å². The first kappa shape index (κ1) is 24.8. The minimum absolute atomic E-state index is 0.881. The predicted molar refractivity (Wildman–Crippen MR) is 185 cm³/mol. The number of para-hydroxylation sites is 2. The maximum absolute atomic E-state index is 6.36. The zero-order valence-corrected chi connectivity index (χ0v) is 24.2. The minimum Gasteiger partial charge on any atom is -0.456 e. The van der Waals surface area contributed by atoms with Gasteiger partial charge in [0.15, 0.2) is 0 Å². The summed E-state index contributed by atoms with van der Waals surface area (Å²) in [4.78, 5) is 2.41. The number of anilines is 3. The van der Waals surface area contributed by atoms with Crippen LogP contribution in [0.3, 0.4) is 0 Å². The summed E-state index contributed by atoms with van der Waals surface area (Å²) < 4.78 is 8.74. The lowest BCUT2D eigenvalue weighted by molar-refractivity contribution is 0.669. The molecule has 0 N–H and O–H groups in total. The number of benzene rings is 7. The average Bonchev–Trinajstić information content (AvgIpc) is 3.62. The first-order valence-corrected chi connectivity index (χ1v) is 15.0. The van der Waals surface area contributed by atoms with E-state index in [1.807, 2.05) is 12.1 Å². The van der Waals surface area contributed by atoms with Gasteiger partial charge in [0.2, 0.25) is 0 Å². The van der Waals surface area contributed by atoms with Crippen LogP contribution in [0.1, 0.15) is 5.56 Å². The van der Waals surface area contributed by atoms with Crippen molar-refractivity contribution in [3.05, 3.63) is 157 Å². The second-order valence-corrected chi connectivity index (χ2v) is 11.5. The number of hydrogen-bond acceptors (Lipinski definition) is 2. The second-order valence-electron chi connectivity index (χ2n) is 11.5. The number of rotatable bonds is 4. The van der Waals surface area contributed by atoms with Crippen molar-refractivity contribution in [1.82, 2.24) is 4.57 Å². The Morgan fingerprint density at radius 3 is 2.05 bits per heavy atom. The van der Waals surface area contributed by atoms with Crippen molar-refractivity contribution < 1.29 is 4.42 Å². The number of aromatic nitrogens is 1. The monoisotopic (exact) mass is 564 g/mol. The van der Waals surface area contributed by atoms with E-state index in [9.17, 15) is 0 Å². The van der Waals surface area contributed by atoms with Crippen LogP contribution in [0, 0.1) is 6.92 Å². The number of furan rings is 1. The van der Waals surface area contributed by atoms with E-state index in [-0.39, 0.29) is 0 Å². The van der Waals surface area contributed by atoms with Crippen molar-refractivity contribution in [1.29, 1.82) is 0 Å². The summed E-state index contributed by atoms with van der Waals surface area (Å²) >= 11 is 0. The number of aryl methyl sites for hydroxylation is 1. The van der Waals surface area contributed by atoms with Gasteiger partial charge in [-0.3, -0.25) is 0 Å². The van der Waals surface area contributed by atoms with Gasteiger partial charge in [-0.25, -0.2) is 0 Å².